The standard InChI is InChI=1S/C14H13N3O/c18-14(17-13-9-5-2-6-10-13)16-11-15-12-7-3-1-4-8-12/h1-11H,(H2,15,16,17,18). The van der Waals surface area contributed by atoms with Gasteiger partial charge in [-0.3, -0.25) is 5.32 Å². The average molecular weight is 239 g/mol. The van der Waals surface area contributed by atoms with E-state index < -0.39 is 0 Å². The number of nitrogens with one attached hydrogen (secondary N) is 2. The SMILES string of the molecule is O=C(NC=Nc1ccccc1)Nc1ccccc1. The van der Waals surface area contributed by atoms with E-state index in [4.69, 9.17) is 0 Å². The minimum Gasteiger partial charge on any atom is -0.308 e. The Labute approximate surface area is 105 Å². The largest absolute Gasteiger partial charge is 0.324 e. The molecule has 0 aliphatic rings. The summed E-state index contributed by atoms with van der Waals surface area (Å²) >= 11 is 0. The maximum Gasteiger partial charge on any atom is 0.324 e. The van der Waals surface area contributed by atoms with E-state index in [1.54, 1.807) is 0 Å². The summed E-state index contributed by atoms with van der Waals surface area (Å²) < 4.78 is 0. The molecule has 0 radical (unpaired) electrons. The highest BCUT2D eigenvalue weighted by Gasteiger charge is 1.97. The lowest BCUT2D eigenvalue weighted by atomic mass is 10.3. The predicted octanol–water partition coefficient (Wildman–Crippen LogP) is 3.17. The number of urea groups is 1. The van der Waals surface area contributed by atoms with E-state index in [2.05, 4.69) is 15.6 Å². The van der Waals surface area contributed by atoms with Gasteiger partial charge in [-0.25, -0.2) is 9.79 Å². The molecule has 2 aromatic carbocycles. The fourth-order valence-electron chi connectivity index (χ4n) is 1.37. The van der Waals surface area contributed by atoms with Crippen molar-refractivity contribution in [3.8, 4) is 0 Å². The number of amides is 2. The molecule has 4 nitrogen and oxygen atoms in total. The molecule has 0 aliphatic heterocycles. The van der Waals surface area contributed by atoms with Gasteiger partial charge in [-0.15, -0.1) is 0 Å². The maximum atomic E-state index is 11.5. The van der Waals surface area contributed by atoms with Crippen LogP contribution in [0.2, 0.25) is 0 Å². The Kier molecular flexibility index (Phi) is 4.08. The van der Waals surface area contributed by atoms with Crippen molar-refractivity contribution < 1.29 is 4.79 Å². The van der Waals surface area contributed by atoms with Crippen LogP contribution in [0.4, 0.5) is 16.2 Å². The molecule has 0 aliphatic carbocycles. The quantitative estimate of drug-likeness (QED) is 0.627. The molecule has 2 amide bonds. The molecule has 0 saturated carbocycles. The highest BCUT2D eigenvalue weighted by Crippen LogP contribution is 2.08. The van der Waals surface area contributed by atoms with Crippen molar-refractivity contribution in [2.75, 3.05) is 5.32 Å². The monoisotopic (exact) mass is 239 g/mol. The van der Waals surface area contributed by atoms with Crippen molar-refractivity contribution in [1.29, 1.82) is 0 Å². The lowest BCUT2D eigenvalue weighted by Crippen LogP contribution is -2.27. The van der Waals surface area contributed by atoms with Gasteiger partial charge >= 0.3 is 6.03 Å². The van der Waals surface area contributed by atoms with Crippen molar-refractivity contribution >= 4 is 23.7 Å². The highest BCUT2D eigenvalue weighted by atomic mass is 16.2. The zero-order valence-electron chi connectivity index (χ0n) is 9.71. The van der Waals surface area contributed by atoms with E-state index in [0.717, 1.165) is 11.4 Å². The number of hydrogen-bond donors (Lipinski definition) is 2. The summed E-state index contributed by atoms with van der Waals surface area (Å²) in [5.74, 6) is 0. The number of nitrogens with zero attached hydrogens (tertiary/aromatic N) is 1. The van der Waals surface area contributed by atoms with Crippen LogP contribution in [0.25, 0.3) is 0 Å². The Bertz CT molecular complexity index is 523. The minimum absolute atomic E-state index is 0.319. The topological polar surface area (TPSA) is 53.5 Å². The first-order chi connectivity index (χ1) is 8.84. The highest BCUT2D eigenvalue weighted by molar-refractivity contribution is 5.96. The van der Waals surface area contributed by atoms with Crippen molar-refractivity contribution in [3.63, 3.8) is 0 Å². The molecule has 4 heteroatoms. The van der Waals surface area contributed by atoms with Gasteiger partial charge in [0, 0.05) is 5.69 Å². The third kappa shape index (κ3) is 3.75. The van der Waals surface area contributed by atoms with Crippen molar-refractivity contribution in [2.24, 2.45) is 4.99 Å². The minimum atomic E-state index is -0.319. The van der Waals surface area contributed by atoms with Gasteiger partial charge in [-0.05, 0) is 24.3 Å². The zero-order valence-corrected chi connectivity index (χ0v) is 9.71. The molecular formula is C14H13N3O. The second kappa shape index (κ2) is 6.20. The number of para-hydroxylation sites is 2. The molecule has 0 atom stereocenters. The summed E-state index contributed by atoms with van der Waals surface area (Å²) in [6.07, 6.45) is 1.37. The zero-order chi connectivity index (χ0) is 12.6. The first-order valence-corrected chi connectivity index (χ1v) is 5.55. The van der Waals surface area contributed by atoms with Crippen molar-refractivity contribution in [2.45, 2.75) is 0 Å². The summed E-state index contributed by atoms with van der Waals surface area (Å²) in [6.45, 7) is 0. The van der Waals surface area contributed by atoms with Gasteiger partial charge in [0.15, 0.2) is 0 Å². The molecule has 0 saturated heterocycles. The van der Waals surface area contributed by atoms with Gasteiger partial charge in [0.2, 0.25) is 0 Å². The van der Waals surface area contributed by atoms with E-state index in [-0.39, 0.29) is 6.03 Å². The van der Waals surface area contributed by atoms with Crippen LogP contribution in [0.1, 0.15) is 0 Å². The first-order valence-electron chi connectivity index (χ1n) is 5.55. The molecule has 2 N–H and O–H groups in total. The van der Waals surface area contributed by atoms with Crippen LogP contribution in [-0.4, -0.2) is 12.4 Å². The van der Waals surface area contributed by atoms with Crippen molar-refractivity contribution in [3.05, 3.63) is 60.7 Å². The Morgan fingerprint density at radius 1 is 0.944 bits per heavy atom. The lowest BCUT2D eigenvalue weighted by molar-refractivity contribution is 0.256. The second-order valence-corrected chi connectivity index (χ2v) is 3.56. The van der Waals surface area contributed by atoms with E-state index in [1.165, 1.54) is 6.34 Å². The van der Waals surface area contributed by atoms with Gasteiger partial charge in [-0.1, -0.05) is 36.4 Å². The Balaban J connectivity index is 1.84. The average Bonchev–Trinajstić information content (AvgIpc) is 2.41. The predicted molar refractivity (Wildman–Crippen MR) is 73.2 cm³/mol. The molecule has 0 aromatic heterocycles. The fourth-order valence-corrected chi connectivity index (χ4v) is 1.37. The number of hydrogen-bond acceptors (Lipinski definition) is 2. The van der Waals surface area contributed by atoms with Gasteiger partial charge in [0.25, 0.3) is 0 Å². The van der Waals surface area contributed by atoms with E-state index >= 15 is 0 Å². The summed E-state index contributed by atoms with van der Waals surface area (Å²) in [5, 5.41) is 5.22. The normalized spacial score (nSPS) is 10.2. The Morgan fingerprint density at radius 2 is 1.56 bits per heavy atom. The van der Waals surface area contributed by atoms with Crippen LogP contribution in [0.5, 0.6) is 0 Å². The molecular weight excluding hydrogens is 226 g/mol. The second-order valence-electron chi connectivity index (χ2n) is 3.56. The van der Waals surface area contributed by atoms with Crippen LogP contribution in [-0.2, 0) is 0 Å². The molecule has 0 bridgehead atoms. The molecule has 2 rings (SSSR count). The molecule has 0 fully saturated rings. The maximum absolute atomic E-state index is 11.5. The van der Waals surface area contributed by atoms with Crippen LogP contribution >= 0.6 is 0 Å². The number of carbonyl (C=O) groups is 1. The number of carbonyl (C=O) groups excluding carboxylic acids is 1. The Hall–Kier alpha value is -2.62. The molecule has 2 aromatic rings. The van der Waals surface area contributed by atoms with Gasteiger partial charge in [-0.2, -0.15) is 0 Å². The third-order valence-electron chi connectivity index (χ3n) is 2.20. The molecule has 18 heavy (non-hydrogen) atoms. The molecule has 0 unspecified atom stereocenters. The first kappa shape index (κ1) is 11.9. The number of aliphatic imine (C=N–C) groups is 1. The third-order valence-corrected chi connectivity index (χ3v) is 2.20. The van der Waals surface area contributed by atoms with E-state index in [1.807, 2.05) is 60.7 Å². The molecule has 0 heterocycles. The van der Waals surface area contributed by atoms with Gasteiger partial charge in [0.05, 0.1) is 12.0 Å². The van der Waals surface area contributed by atoms with Gasteiger partial charge in [0.1, 0.15) is 0 Å². The fraction of sp³-hybridized carbons (Fsp3) is 0. The number of rotatable bonds is 3. The lowest BCUT2D eigenvalue weighted by Gasteiger charge is -2.03. The number of benzene rings is 2. The summed E-state index contributed by atoms with van der Waals surface area (Å²) in [6, 6.07) is 18.3. The van der Waals surface area contributed by atoms with E-state index in [0.29, 0.717) is 0 Å². The smallest absolute Gasteiger partial charge is 0.308 e. The molecule has 0 spiro atoms. The van der Waals surface area contributed by atoms with Crippen LogP contribution in [0.3, 0.4) is 0 Å². The summed E-state index contributed by atoms with van der Waals surface area (Å²) in [4.78, 5) is 15.6. The van der Waals surface area contributed by atoms with Crippen LogP contribution < -0.4 is 10.6 Å². The van der Waals surface area contributed by atoms with Gasteiger partial charge < -0.3 is 5.32 Å². The summed E-state index contributed by atoms with van der Waals surface area (Å²) in [5.41, 5.74) is 1.53. The van der Waals surface area contributed by atoms with Crippen LogP contribution in [0, 0.1) is 0 Å². The summed E-state index contributed by atoms with van der Waals surface area (Å²) in [7, 11) is 0. The number of anilines is 1. The molecule has 90 valence electrons. The van der Waals surface area contributed by atoms with Crippen molar-refractivity contribution in [1.82, 2.24) is 5.32 Å². The van der Waals surface area contributed by atoms with Crippen LogP contribution in [0.15, 0.2) is 65.7 Å². The van der Waals surface area contributed by atoms with E-state index in [9.17, 15) is 4.79 Å². The Morgan fingerprint density at radius 3 is 2.22 bits per heavy atom.